The fraction of sp³-hybridized carbons (Fsp3) is 0.417. The van der Waals surface area contributed by atoms with Gasteiger partial charge in [0, 0.05) is 49.4 Å². The number of para-hydroxylation sites is 1. The Hall–Kier alpha value is -3.10. The Bertz CT molecular complexity index is 1130. The van der Waals surface area contributed by atoms with Gasteiger partial charge in [-0.15, -0.1) is 0 Å². The van der Waals surface area contributed by atoms with Crippen LogP contribution >= 0.6 is 0 Å². The lowest BCUT2D eigenvalue weighted by Gasteiger charge is -2.28. The number of pyridine rings is 1. The molecule has 166 valence electrons. The van der Waals surface area contributed by atoms with Crippen molar-refractivity contribution in [2.45, 2.75) is 39.0 Å². The fourth-order valence-corrected chi connectivity index (χ4v) is 4.42. The number of aromatic nitrogens is 3. The second kappa shape index (κ2) is 8.80. The van der Waals surface area contributed by atoms with Gasteiger partial charge in [0.1, 0.15) is 18.1 Å². The predicted molar refractivity (Wildman–Crippen MR) is 124 cm³/mol. The number of morpholine rings is 1. The summed E-state index contributed by atoms with van der Waals surface area (Å²) in [6.45, 7) is 8.25. The van der Waals surface area contributed by atoms with Crippen LogP contribution in [0.1, 0.15) is 36.7 Å². The number of nitrogens with zero attached hydrogens (tertiary/aromatic N) is 5. The third-order valence-electron chi connectivity index (χ3n) is 6.20. The number of nitrogens with one attached hydrogen (secondary N) is 1. The van der Waals surface area contributed by atoms with Crippen LogP contribution in [-0.4, -0.2) is 58.5 Å². The first-order valence-electron chi connectivity index (χ1n) is 11.2. The highest BCUT2D eigenvalue weighted by Gasteiger charge is 2.36. The normalized spacial score (nSPS) is 18.8. The minimum Gasteiger partial charge on any atom is -0.378 e. The van der Waals surface area contributed by atoms with E-state index in [0.29, 0.717) is 32.3 Å². The lowest BCUT2D eigenvalue weighted by atomic mass is 10.1. The molecule has 1 fully saturated rings. The van der Waals surface area contributed by atoms with E-state index in [1.165, 1.54) is 0 Å². The van der Waals surface area contributed by atoms with Crippen molar-refractivity contribution >= 4 is 29.0 Å². The van der Waals surface area contributed by atoms with Gasteiger partial charge in [-0.05, 0) is 31.5 Å². The maximum absolute atomic E-state index is 12.0. The first-order valence-corrected chi connectivity index (χ1v) is 11.2. The van der Waals surface area contributed by atoms with Crippen molar-refractivity contribution in [3.8, 4) is 0 Å². The minimum absolute atomic E-state index is 0.226. The van der Waals surface area contributed by atoms with Crippen LogP contribution in [0.25, 0.3) is 10.9 Å². The highest BCUT2D eigenvalue weighted by atomic mass is 16.5. The van der Waals surface area contributed by atoms with Gasteiger partial charge in [0.2, 0.25) is 5.95 Å². The molecule has 0 bridgehead atoms. The molecule has 0 amide bonds. The zero-order chi connectivity index (χ0) is 22.1. The molecule has 4 heterocycles. The molecular weight excluding hydrogens is 404 g/mol. The molecule has 5 rings (SSSR count). The molecule has 3 aromatic rings. The lowest BCUT2D eigenvalue weighted by Crippen LogP contribution is -2.37. The molecule has 2 aliphatic heterocycles. The molecule has 1 unspecified atom stereocenters. The fourth-order valence-electron chi connectivity index (χ4n) is 4.42. The van der Waals surface area contributed by atoms with E-state index in [0.717, 1.165) is 52.9 Å². The summed E-state index contributed by atoms with van der Waals surface area (Å²) in [7, 11) is 0. The van der Waals surface area contributed by atoms with Crippen molar-refractivity contribution in [2.24, 2.45) is 0 Å². The number of anilines is 2. The molecule has 1 N–H and O–H groups in total. The van der Waals surface area contributed by atoms with E-state index in [-0.39, 0.29) is 12.1 Å². The monoisotopic (exact) mass is 432 g/mol. The minimum atomic E-state index is -0.351. The average molecular weight is 433 g/mol. The molecule has 1 aromatic carbocycles. The van der Waals surface area contributed by atoms with Crippen LogP contribution in [0.5, 0.6) is 0 Å². The van der Waals surface area contributed by atoms with E-state index in [1.54, 1.807) is 0 Å². The van der Waals surface area contributed by atoms with Crippen molar-refractivity contribution in [2.75, 3.05) is 36.5 Å². The van der Waals surface area contributed by atoms with Gasteiger partial charge in [0.15, 0.2) is 0 Å². The maximum Gasteiger partial charge on any atom is 0.227 e. The maximum atomic E-state index is 12.0. The van der Waals surface area contributed by atoms with Crippen molar-refractivity contribution in [3.63, 3.8) is 0 Å². The number of hydrogen-bond donors (Lipinski definition) is 1. The number of carbonyl (C=O) groups excluding carboxylic acids is 1. The Labute approximate surface area is 187 Å². The van der Waals surface area contributed by atoms with Gasteiger partial charge >= 0.3 is 0 Å². The van der Waals surface area contributed by atoms with Gasteiger partial charge < -0.3 is 19.7 Å². The van der Waals surface area contributed by atoms with E-state index in [1.807, 2.05) is 24.4 Å². The Balaban J connectivity index is 1.48. The van der Waals surface area contributed by atoms with Crippen LogP contribution in [0.4, 0.5) is 11.8 Å². The molecule has 2 aliphatic rings. The number of rotatable bonds is 6. The van der Waals surface area contributed by atoms with Gasteiger partial charge in [-0.1, -0.05) is 18.2 Å². The molecule has 8 nitrogen and oxygen atoms in total. The Morgan fingerprint density at radius 3 is 2.81 bits per heavy atom. The van der Waals surface area contributed by atoms with Gasteiger partial charge in [0.25, 0.3) is 0 Å². The molecule has 32 heavy (non-hydrogen) atoms. The van der Waals surface area contributed by atoms with Gasteiger partial charge in [-0.25, -0.2) is 4.98 Å². The Kier molecular flexibility index (Phi) is 5.71. The third-order valence-corrected chi connectivity index (χ3v) is 6.20. The standard InChI is InChI=1S/C24H28N6O2/c1-16(2)30-14-19-22(21(30)15-31)27-24(29-7-9-32-10-8-29)28-23(19)26-13-17-11-18-5-3-4-6-20(18)25-12-17/h3-6,11-12,15-16,21H,7-10,13-14H2,1-2H3,(H,26,27,28). The zero-order valence-corrected chi connectivity index (χ0v) is 18.5. The summed E-state index contributed by atoms with van der Waals surface area (Å²) in [5.74, 6) is 1.45. The molecule has 0 spiro atoms. The number of carbonyl (C=O) groups is 1. The number of benzene rings is 1. The first kappa shape index (κ1) is 20.8. The smallest absolute Gasteiger partial charge is 0.227 e. The van der Waals surface area contributed by atoms with Crippen LogP contribution in [0.2, 0.25) is 0 Å². The molecule has 0 saturated carbocycles. The molecule has 0 aliphatic carbocycles. The second-order valence-electron chi connectivity index (χ2n) is 8.57. The van der Waals surface area contributed by atoms with Crippen molar-refractivity contribution in [1.29, 1.82) is 0 Å². The van der Waals surface area contributed by atoms with Gasteiger partial charge in [-0.2, -0.15) is 4.98 Å². The Morgan fingerprint density at radius 1 is 1.22 bits per heavy atom. The van der Waals surface area contributed by atoms with Crippen LogP contribution in [0.15, 0.2) is 36.5 Å². The molecule has 2 aromatic heterocycles. The zero-order valence-electron chi connectivity index (χ0n) is 18.5. The lowest BCUT2D eigenvalue weighted by molar-refractivity contribution is -0.113. The van der Waals surface area contributed by atoms with E-state index >= 15 is 0 Å². The van der Waals surface area contributed by atoms with E-state index in [2.05, 4.69) is 46.1 Å². The van der Waals surface area contributed by atoms with E-state index in [4.69, 9.17) is 14.7 Å². The number of fused-ring (bicyclic) bond motifs is 2. The van der Waals surface area contributed by atoms with Crippen LogP contribution in [0.3, 0.4) is 0 Å². The van der Waals surface area contributed by atoms with E-state index < -0.39 is 0 Å². The molecule has 0 radical (unpaired) electrons. The van der Waals surface area contributed by atoms with Crippen molar-refractivity contribution in [1.82, 2.24) is 19.9 Å². The summed E-state index contributed by atoms with van der Waals surface area (Å²) in [5, 5.41) is 4.63. The SMILES string of the molecule is CC(C)N1Cc2c(NCc3cnc4ccccc4c3)nc(N3CCOCC3)nc2C1C=O. The summed E-state index contributed by atoms with van der Waals surface area (Å²) in [4.78, 5) is 30.6. The predicted octanol–water partition coefficient (Wildman–Crippen LogP) is 2.94. The molecular formula is C24H28N6O2. The number of aldehydes is 1. The summed E-state index contributed by atoms with van der Waals surface area (Å²) < 4.78 is 5.49. The number of hydrogen-bond acceptors (Lipinski definition) is 8. The largest absolute Gasteiger partial charge is 0.378 e. The van der Waals surface area contributed by atoms with Crippen molar-refractivity contribution in [3.05, 3.63) is 53.3 Å². The highest BCUT2D eigenvalue weighted by Crippen LogP contribution is 2.37. The summed E-state index contributed by atoms with van der Waals surface area (Å²) in [6, 6.07) is 10.1. The molecule has 1 saturated heterocycles. The van der Waals surface area contributed by atoms with Crippen LogP contribution in [-0.2, 0) is 22.6 Å². The summed E-state index contributed by atoms with van der Waals surface area (Å²) >= 11 is 0. The van der Waals surface area contributed by atoms with Crippen LogP contribution < -0.4 is 10.2 Å². The highest BCUT2D eigenvalue weighted by molar-refractivity contribution is 5.78. The van der Waals surface area contributed by atoms with Gasteiger partial charge in [0.05, 0.1) is 24.4 Å². The van der Waals surface area contributed by atoms with Gasteiger partial charge in [-0.3, -0.25) is 9.88 Å². The molecule has 8 heteroatoms. The average Bonchev–Trinajstić information content (AvgIpc) is 3.22. The van der Waals surface area contributed by atoms with Crippen LogP contribution in [0, 0.1) is 0 Å². The second-order valence-corrected chi connectivity index (χ2v) is 8.57. The number of ether oxygens (including phenoxy) is 1. The summed E-state index contributed by atoms with van der Waals surface area (Å²) in [5.41, 5.74) is 3.87. The van der Waals surface area contributed by atoms with Crippen molar-refractivity contribution < 1.29 is 9.53 Å². The first-order chi connectivity index (χ1) is 15.6. The quantitative estimate of drug-likeness (QED) is 0.596. The third kappa shape index (κ3) is 3.91. The Morgan fingerprint density at radius 2 is 2.03 bits per heavy atom. The van der Waals surface area contributed by atoms with E-state index in [9.17, 15) is 4.79 Å². The summed E-state index contributed by atoms with van der Waals surface area (Å²) in [6.07, 6.45) is 2.90. The topological polar surface area (TPSA) is 83.5 Å². The molecule has 1 atom stereocenters.